The standard InChI is InChI=1S/C17H20FNO/c1-11(2)15-7-4-12(3)8-17(15)20-10-13-5-6-14(18)9-16(13)19/h4-9,11H,10,19H2,1-3H3. The molecular weight excluding hydrogens is 253 g/mol. The number of anilines is 1. The quantitative estimate of drug-likeness (QED) is 0.837. The molecular formula is C17H20FNO. The van der Waals surface area contributed by atoms with Crippen LogP contribution in [0.3, 0.4) is 0 Å². The highest BCUT2D eigenvalue weighted by Gasteiger charge is 2.09. The van der Waals surface area contributed by atoms with Crippen LogP contribution in [0.25, 0.3) is 0 Å². The van der Waals surface area contributed by atoms with Gasteiger partial charge >= 0.3 is 0 Å². The second kappa shape index (κ2) is 5.95. The fourth-order valence-corrected chi connectivity index (χ4v) is 2.10. The molecule has 0 fully saturated rings. The molecule has 0 spiro atoms. The second-order valence-corrected chi connectivity index (χ2v) is 5.33. The van der Waals surface area contributed by atoms with Crippen LogP contribution < -0.4 is 10.5 Å². The summed E-state index contributed by atoms with van der Waals surface area (Å²) in [7, 11) is 0. The average molecular weight is 273 g/mol. The first kappa shape index (κ1) is 14.4. The van der Waals surface area contributed by atoms with Gasteiger partial charge in [0.25, 0.3) is 0 Å². The van der Waals surface area contributed by atoms with Crippen molar-refractivity contribution >= 4 is 5.69 Å². The molecule has 2 rings (SSSR count). The van der Waals surface area contributed by atoms with E-state index in [1.54, 1.807) is 6.07 Å². The van der Waals surface area contributed by atoms with Gasteiger partial charge in [0.1, 0.15) is 18.2 Å². The van der Waals surface area contributed by atoms with Gasteiger partial charge in [-0.15, -0.1) is 0 Å². The smallest absolute Gasteiger partial charge is 0.125 e. The fraction of sp³-hybridized carbons (Fsp3) is 0.294. The molecule has 2 aromatic carbocycles. The van der Waals surface area contributed by atoms with Crippen molar-refractivity contribution in [1.29, 1.82) is 0 Å². The first-order valence-corrected chi connectivity index (χ1v) is 6.74. The van der Waals surface area contributed by atoms with Crippen molar-refractivity contribution in [3.8, 4) is 5.75 Å². The first-order chi connectivity index (χ1) is 9.47. The minimum Gasteiger partial charge on any atom is -0.489 e. The molecule has 0 radical (unpaired) electrons. The van der Waals surface area contributed by atoms with Gasteiger partial charge in [-0.25, -0.2) is 4.39 Å². The van der Waals surface area contributed by atoms with Crippen molar-refractivity contribution in [3.63, 3.8) is 0 Å². The molecule has 0 saturated heterocycles. The molecule has 2 N–H and O–H groups in total. The van der Waals surface area contributed by atoms with Gasteiger partial charge in [0.15, 0.2) is 0 Å². The predicted molar refractivity (Wildman–Crippen MR) is 80.4 cm³/mol. The highest BCUT2D eigenvalue weighted by Crippen LogP contribution is 2.28. The van der Waals surface area contributed by atoms with Crippen molar-refractivity contribution in [2.45, 2.75) is 33.3 Å². The van der Waals surface area contributed by atoms with E-state index in [-0.39, 0.29) is 5.82 Å². The summed E-state index contributed by atoms with van der Waals surface area (Å²) in [5.41, 5.74) is 9.32. The Kier molecular flexibility index (Phi) is 4.28. The van der Waals surface area contributed by atoms with Crippen molar-refractivity contribution in [1.82, 2.24) is 0 Å². The molecule has 3 heteroatoms. The van der Waals surface area contributed by atoms with Gasteiger partial charge in [-0.1, -0.05) is 32.0 Å². The number of rotatable bonds is 4. The lowest BCUT2D eigenvalue weighted by molar-refractivity contribution is 0.302. The Morgan fingerprint density at radius 1 is 1.15 bits per heavy atom. The molecule has 0 aliphatic heterocycles. The molecule has 0 unspecified atom stereocenters. The Hall–Kier alpha value is -2.03. The molecule has 0 heterocycles. The molecule has 0 aliphatic carbocycles. The Morgan fingerprint density at radius 3 is 2.55 bits per heavy atom. The molecule has 2 nitrogen and oxygen atoms in total. The maximum atomic E-state index is 13.0. The van der Waals surface area contributed by atoms with Crippen LogP contribution in [0.5, 0.6) is 5.75 Å². The molecule has 0 amide bonds. The maximum absolute atomic E-state index is 13.0. The first-order valence-electron chi connectivity index (χ1n) is 6.74. The van der Waals surface area contributed by atoms with Gasteiger partial charge in [-0.05, 0) is 42.2 Å². The monoisotopic (exact) mass is 273 g/mol. The highest BCUT2D eigenvalue weighted by atomic mass is 19.1. The van der Waals surface area contributed by atoms with E-state index in [2.05, 4.69) is 26.0 Å². The predicted octanol–water partition coefficient (Wildman–Crippen LogP) is 4.42. The van der Waals surface area contributed by atoms with E-state index >= 15 is 0 Å². The van der Waals surface area contributed by atoms with E-state index in [0.717, 1.165) is 22.4 Å². The lowest BCUT2D eigenvalue weighted by Gasteiger charge is -2.15. The third-order valence-corrected chi connectivity index (χ3v) is 3.28. The molecule has 0 aromatic heterocycles. The lowest BCUT2D eigenvalue weighted by atomic mass is 10.0. The summed E-state index contributed by atoms with van der Waals surface area (Å²) in [6.45, 7) is 6.63. The summed E-state index contributed by atoms with van der Waals surface area (Å²) in [4.78, 5) is 0. The lowest BCUT2D eigenvalue weighted by Crippen LogP contribution is -2.03. The number of hydrogen-bond acceptors (Lipinski definition) is 2. The zero-order valence-electron chi connectivity index (χ0n) is 12.1. The summed E-state index contributed by atoms with van der Waals surface area (Å²) >= 11 is 0. The molecule has 106 valence electrons. The van der Waals surface area contributed by atoms with E-state index in [1.807, 2.05) is 13.0 Å². The van der Waals surface area contributed by atoms with Crippen LogP contribution in [-0.4, -0.2) is 0 Å². The Morgan fingerprint density at radius 2 is 1.90 bits per heavy atom. The number of hydrogen-bond donors (Lipinski definition) is 1. The second-order valence-electron chi connectivity index (χ2n) is 5.33. The topological polar surface area (TPSA) is 35.2 Å². The Bertz CT molecular complexity index is 608. The minimum atomic E-state index is -0.329. The summed E-state index contributed by atoms with van der Waals surface area (Å²) < 4.78 is 18.9. The van der Waals surface area contributed by atoms with E-state index < -0.39 is 0 Å². The third-order valence-electron chi connectivity index (χ3n) is 3.28. The van der Waals surface area contributed by atoms with Crippen molar-refractivity contribution < 1.29 is 9.13 Å². The third kappa shape index (κ3) is 3.29. The van der Waals surface area contributed by atoms with Crippen LogP contribution in [0, 0.1) is 12.7 Å². The number of halogens is 1. The molecule has 0 atom stereocenters. The van der Waals surface area contributed by atoms with Gasteiger partial charge in [0, 0.05) is 11.3 Å². The van der Waals surface area contributed by atoms with Gasteiger partial charge in [-0.3, -0.25) is 0 Å². The van der Waals surface area contributed by atoms with Gasteiger partial charge in [0.05, 0.1) is 0 Å². The van der Waals surface area contributed by atoms with Crippen LogP contribution in [0.2, 0.25) is 0 Å². The zero-order chi connectivity index (χ0) is 14.7. The van der Waals surface area contributed by atoms with Gasteiger partial charge in [-0.2, -0.15) is 0 Å². The average Bonchev–Trinajstić information content (AvgIpc) is 2.37. The zero-order valence-corrected chi connectivity index (χ0v) is 12.1. The molecule has 0 aliphatic rings. The molecule has 2 aromatic rings. The van der Waals surface area contributed by atoms with Crippen molar-refractivity contribution in [2.24, 2.45) is 0 Å². The van der Waals surface area contributed by atoms with Crippen molar-refractivity contribution in [3.05, 3.63) is 58.9 Å². The highest BCUT2D eigenvalue weighted by molar-refractivity contribution is 5.47. The van der Waals surface area contributed by atoms with Gasteiger partial charge < -0.3 is 10.5 Å². The number of nitrogen functional groups attached to an aromatic ring is 1. The number of nitrogens with two attached hydrogens (primary N) is 1. The van der Waals surface area contributed by atoms with E-state index in [1.165, 1.54) is 12.1 Å². The molecule has 0 bridgehead atoms. The Labute approximate surface area is 119 Å². The van der Waals surface area contributed by atoms with Crippen LogP contribution >= 0.6 is 0 Å². The van der Waals surface area contributed by atoms with Gasteiger partial charge in [0.2, 0.25) is 0 Å². The van der Waals surface area contributed by atoms with E-state index in [9.17, 15) is 4.39 Å². The fourth-order valence-electron chi connectivity index (χ4n) is 2.10. The summed E-state index contributed by atoms with van der Waals surface area (Å²) in [5.74, 6) is 0.921. The van der Waals surface area contributed by atoms with Crippen LogP contribution in [0.15, 0.2) is 36.4 Å². The summed E-state index contributed by atoms with van der Waals surface area (Å²) in [6, 6.07) is 10.6. The van der Waals surface area contributed by atoms with Crippen LogP contribution in [-0.2, 0) is 6.61 Å². The number of aryl methyl sites for hydroxylation is 1. The summed E-state index contributed by atoms with van der Waals surface area (Å²) in [6.07, 6.45) is 0. The van der Waals surface area contributed by atoms with E-state index in [4.69, 9.17) is 10.5 Å². The molecule has 20 heavy (non-hydrogen) atoms. The largest absolute Gasteiger partial charge is 0.489 e. The SMILES string of the molecule is Cc1ccc(C(C)C)c(OCc2ccc(F)cc2N)c1. The van der Waals surface area contributed by atoms with E-state index in [0.29, 0.717) is 18.2 Å². The Balaban J connectivity index is 2.20. The molecule has 0 saturated carbocycles. The van der Waals surface area contributed by atoms with Crippen LogP contribution in [0.4, 0.5) is 10.1 Å². The minimum absolute atomic E-state index is 0.329. The number of benzene rings is 2. The maximum Gasteiger partial charge on any atom is 0.125 e. The summed E-state index contributed by atoms with van der Waals surface area (Å²) in [5, 5.41) is 0. The normalized spacial score (nSPS) is 10.8. The van der Waals surface area contributed by atoms with Crippen molar-refractivity contribution in [2.75, 3.05) is 5.73 Å². The number of ether oxygens (including phenoxy) is 1. The van der Waals surface area contributed by atoms with Crippen LogP contribution in [0.1, 0.15) is 36.5 Å².